The van der Waals surface area contributed by atoms with Gasteiger partial charge < -0.3 is 4.57 Å². The maximum Gasteiger partial charge on any atom is 0.150 e. The van der Waals surface area contributed by atoms with E-state index in [9.17, 15) is 4.79 Å². The third-order valence-electron chi connectivity index (χ3n) is 2.98. The lowest BCUT2D eigenvalue weighted by molar-refractivity contribution is 0.112. The van der Waals surface area contributed by atoms with Crippen molar-refractivity contribution in [3.8, 4) is 0 Å². The van der Waals surface area contributed by atoms with Gasteiger partial charge in [-0.25, -0.2) is 4.98 Å². The van der Waals surface area contributed by atoms with Gasteiger partial charge in [0.15, 0.2) is 0 Å². The van der Waals surface area contributed by atoms with Crippen molar-refractivity contribution in [2.75, 3.05) is 0 Å². The van der Waals surface area contributed by atoms with Crippen molar-refractivity contribution < 1.29 is 4.79 Å². The van der Waals surface area contributed by atoms with Crippen LogP contribution in [0.25, 0.3) is 11.0 Å². The zero-order chi connectivity index (χ0) is 12.4. The average Bonchev–Trinajstić information content (AvgIpc) is 2.82. The Labute approximate surface area is 105 Å². The molecule has 0 radical (unpaired) electrons. The molecule has 3 rings (SSSR count). The lowest BCUT2D eigenvalue weighted by Crippen LogP contribution is -1.97. The van der Waals surface area contributed by atoms with Crippen molar-refractivity contribution in [1.29, 1.82) is 0 Å². The highest BCUT2D eigenvalue weighted by Gasteiger charge is 2.04. The summed E-state index contributed by atoms with van der Waals surface area (Å²) in [7, 11) is 0. The summed E-state index contributed by atoms with van der Waals surface area (Å²) in [4.78, 5) is 15.1. The van der Waals surface area contributed by atoms with Crippen molar-refractivity contribution >= 4 is 17.3 Å². The summed E-state index contributed by atoms with van der Waals surface area (Å²) in [6.45, 7) is 0.764. The van der Waals surface area contributed by atoms with E-state index >= 15 is 0 Å². The second kappa shape index (κ2) is 4.45. The van der Waals surface area contributed by atoms with Crippen molar-refractivity contribution in [2.45, 2.75) is 6.54 Å². The molecule has 0 aliphatic heterocycles. The Hall–Kier alpha value is -2.42. The molecule has 0 saturated heterocycles. The van der Waals surface area contributed by atoms with Gasteiger partial charge in [0.05, 0.1) is 17.4 Å². The summed E-state index contributed by atoms with van der Waals surface area (Å²) in [5.41, 5.74) is 3.80. The molecule has 3 heteroatoms. The number of fused-ring (bicyclic) bond motifs is 1. The molecule has 0 spiro atoms. The minimum absolute atomic E-state index is 0.678. The predicted molar refractivity (Wildman–Crippen MR) is 70.7 cm³/mol. The van der Waals surface area contributed by atoms with Gasteiger partial charge in [0, 0.05) is 12.1 Å². The van der Waals surface area contributed by atoms with E-state index in [2.05, 4.69) is 21.7 Å². The van der Waals surface area contributed by atoms with Crippen LogP contribution in [0.15, 0.2) is 54.9 Å². The third kappa shape index (κ3) is 1.91. The molecule has 0 bridgehead atoms. The van der Waals surface area contributed by atoms with E-state index < -0.39 is 0 Å². The highest BCUT2D eigenvalue weighted by molar-refractivity contribution is 5.84. The number of imidazole rings is 1. The normalized spacial score (nSPS) is 10.7. The number of aldehydes is 1. The maximum absolute atomic E-state index is 10.8. The first kappa shape index (κ1) is 10.7. The summed E-state index contributed by atoms with van der Waals surface area (Å²) in [6, 6.07) is 15.7. The zero-order valence-corrected chi connectivity index (χ0v) is 9.78. The van der Waals surface area contributed by atoms with Gasteiger partial charge in [0.25, 0.3) is 0 Å². The maximum atomic E-state index is 10.8. The smallest absolute Gasteiger partial charge is 0.150 e. The van der Waals surface area contributed by atoms with Crippen molar-refractivity contribution in [3.63, 3.8) is 0 Å². The Morgan fingerprint density at radius 3 is 2.72 bits per heavy atom. The standard InChI is InChI=1S/C15H12N2O/c18-10-13-6-7-14-15(8-13)17(11-16-14)9-12-4-2-1-3-5-12/h1-8,10-11H,9H2. The van der Waals surface area contributed by atoms with Crippen LogP contribution in [0, 0.1) is 0 Å². The molecule has 1 heterocycles. The van der Waals surface area contributed by atoms with E-state index in [-0.39, 0.29) is 0 Å². The second-order valence-electron chi connectivity index (χ2n) is 4.22. The second-order valence-corrected chi connectivity index (χ2v) is 4.22. The Morgan fingerprint density at radius 2 is 1.94 bits per heavy atom. The molecule has 1 aromatic heterocycles. The molecular weight excluding hydrogens is 224 g/mol. The molecule has 0 amide bonds. The van der Waals surface area contributed by atoms with Gasteiger partial charge in [-0.15, -0.1) is 0 Å². The lowest BCUT2D eigenvalue weighted by Gasteiger charge is -2.04. The predicted octanol–water partition coefficient (Wildman–Crippen LogP) is 2.90. The summed E-state index contributed by atoms with van der Waals surface area (Å²) in [6.07, 6.45) is 2.67. The average molecular weight is 236 g/mol. The van der Waals surface area contributed by atoms with Crippen molar-refractivity contribution in [2.24, 2.45) is 0 Å². The number of hydrogen-bond donors (Lipinski definition) is 0. The first-order valence-corrected chi connectivity index (χ1v) is 5.81. The van der Waals surface area contributed by atoms with Crippen LogP contribution >= 0.6 is 0 Å². The fraction of sp³-hybridized carbons (Fsp3) is 0.0667. The molecule has 0 N–H and O–H groups in total. The molecule has 3 nitrogen and oxygen atoms in total. The molecule has 0 aliphatic rings. The number of nitrogens with zero attached hydrogens (tertiary/aromatic N) is 2. The topological polar surface area (TPSA) is 34.9 Å². The summed E-state index contributed by atoms with van der Waals surface area (Å²) in [5, 5.41) is 0. The fourth-order valence-electron chi connectivity index (χ4n) is 2.05. The number of aromatic nitrogens is 2. The highest BCUT2D eigenvalue weighted by Crippen LogP contribution is 2.15. The van der Waals surface area contributed by atoms with Crippen LogP contribution < -0.4 is 0 Å². The number of hydrogen-bond acceptors (Lipinski definition) is 2. The molecule has 0 aliphatic carbocycles. The first-order valence-electron chi connectivity index (χ1n) is 5.81. The Balaban J connectivity index is 2.04. The van der Waals surface area contributed by atoms with Gasteiger partial charge >= 0.3 is 0 Å². The van der Waals surface area contributed by atoms with Gasteiger partial charge in [-0.2, -0.15) is 0 Å². The molecule has 2 aromatic carbocycles. The highest BCUT2D eigenvalue weighted by atomic mass is 16.1. The van der Waals surface area contributed by atoms with Crippen LogP contribution in [0.1, 0.15) is 15.9 Å². The van der Waals surface area contributed by atoms with Gasteiger partial charge in [-0.1, -0.05) is 30.3 Å². The van der Waals surface area contributed by atoms with Crippen molar-refractivity contribution in [1.82, 2.24) is 9.55 Å². The Bertz CT molecular complexity index is 686. The number of carbonyl (C=O) groups is 1. The number of benzene rings is 2. The number of rotatable bonds is 3. The molecule has 3 aromatic rings. The van der Waals surface area contributed by atoms with Gasteiger partial charge in [-0.3, -0.25) is 4.79 Å². The first-order chi connectivity index (χ1) is 8.86. The molecule has 18 heavy (non-hydrogen) atoms. The van der Waals surface area contributed by atoms with Crippen LogP contribution in [0.4, 0.5) is 0 Å². The van der Waals surface area contributed by atoms with Crippen molar-refractivity contribution in [3.05, 3.63) is 66.0 Å². The molecule has 0 unspecified atom stereocenters. The fourth-order valence-corrected chi connectivity index (χ4v) is 2.05. The van der Waals surface area contributed by atoms with Crippen LogP contribution in [0.5, 0.6) is 0 Å². The SMILES string of the molecule is O=Cc1ccc2ncn(Cc3ccccc3)c2c1. The molecule has 0 fully saturated rings. The van der Waals surface area contributed by atoms with E-state index in [4.69, 9.17) is 0 Å². The minimum atomic E-state index is 0.678. The van der Waals surface area contributed by atoms with E-state index in [1.54, 1.807) is 6.07 Å². The van der Waals surface area contributed by atoms with E-state index in [1.165, 1.54) is 5.56 Å². The monoisotopic (exact) mass is 236 g/mol. The third-order valence-corrected chi connectivity index (χ3v) is 2.98. The number of carbonyl (C=O) groups excluding carboxylic acids is 1. The van der Waals surface area contributed by atoms with Gasteiger partial charge in [0.1, 0.15) is 6.29 Å². The summed E-state index contributed by atoms with van der Waals surface area (Å²) < 4.78 is 2.05. The summed E-state index contributed by atoms with van der Waals surface area (Å²) >= 11 is 0. The Morgan fingerprint density at radius 1 is 1.11 bits per heavy atom. The molecule has 0 saturated carbocycles. The molecule has 0 atom stereocenters. The zero-order valence-electron chi connectivity index (χ0n) is 9.78. The van der Waals surface area contributed by atoms with Crippen LogP contribution in [-0.2, 0) is 6.54 Å². The van der Waals surface area contributed by atoms with Gasteiger partial charge in [-0.05, 0) is 23.8 Å². The van der Waals surface area contributed by atoms with Crippen LogP contribution in [-0.4, -0.2) is 15.8 Å². The summed E-state index contributed by atoms with van der Waals surface area (Å²) in [5.74, 6) is 0. The van der Waals surface area contributed by atoms with Crippen LogP contribution in [0.2, 0.25) is 0 Å². The van der Waals surface area contributed by atoms with Gasteiger partial charge in [0.2, 0.25) is 0 Å². The van der Waals surface area contributed by atoms with E-state index in [0.29, 0.717) is 5.56 Å². The Kier molecular flexibility index (Phi) is 2.65. The van der Waals surface area contributed by atoms with Crippen LogP contribution in [0.3, 0.4) is 0 Å². The minimum Gasteiger partial charge on any atom is -0.326 e. The largest absolute Gasteiger partial charge is 0.326 e. The molecule has 88 valence electrons. The molecular formula is C15H12N2O. The van der Waals surface area contributed by atoms with E-state index in [1.807, 2.05) is 36.7 Å². The lowest BCUT2D eigenvalue weighted by atomic mass is 10.2. The quantitative estimate of drug-likeness (QED) is 0.655. The van der Waals surface area contributed by atoms with E-state index in [0.717, 1.165) is 23.9 Å².